The lowest BCUT2D eigenvalue weighted by molar-refractivity contribution is -0.138. The fraction of sp³-hybridized carbons (Fsp3) is 0.533. The van der Waals surface area contributed by atoms with Crippen molar-refractivity contribution < 1.29 is 22.3 Å². The molecule has 2 fully saturated rings. The smallest absolute Gasteiger partial charge is 0.246 e. The normalized spacial score (nSPS) is 22.8. The maximum atomic E-state index is 14.1. The SMILES string of the molecule is O=C(C1CCCN1S(=O)(=O)c1ccc(Cl)cc1F)N1CCOCC1. The van der Waals surface area contributed by atoms with Gasteiger partial charge in [-0.2, -0.15) is 4.31 Å². The minimum absolute atomic E-state index is 0.119. The van der Waals surface area contributed by atoms with Gasteiger partial charge >= 0.3 is 0 Å². The largest absolute Gasteiger partial charge is 0.378 e. The molecule has 132 valence electrons. The number of hydrogen-bond donors (Lipinski definition) is 0. The van der Waals surface area contributed by atoms with Crippen molar-refractivity contribution in [3.63, 3.8) is 0 Å². The molecule has 9 heteroatoms. The summed E-state index contributed by atoms with van der Waals surface area (Å²) in [5.41, 5.74) is 0. The topological polar surface area (TPSA) is 66.9 Å². The highest BCUT2D eigenvalue weighted by Crippen LogP contribution is 2.29. The average Bonchev–Trinajstić information content (AvgIpc) is 3.05. The molecule has 1 atom stereocenters. The van der Waals surface area contributed by atoms with Crippen molar-refractivity contribution >= 4 is 27.5 Å². The van der Waals surface area contributed by atoms with E-state index in [4.69, 9.17) is 16.3 Å². The summed E-state index contributed by atoms with van der Waals surface area (Å²) in [5, 5.41) is 0.119. The fourth-order valence-electron chi connectivity index (χ4n) is 3.08. The quantitative estimate of drug-likeness (QED) is 0.801. The Hall–Kier alpha value is -1.22. The van der Waals surface area contributed by atoms with E-state index in [1.165, 1.54) is 6.07 Å². The summed E-state index contributed by atoms with van der Waals surface area (Å²) in [5.74, 6) is -1.15. The van der Waals surface area contributed by atoms with Crippen LogP contribution in [0.2, 0.25) is 5.02 Å². The Balaban J connectivity index is 1.87. The van der Waals surface area contributed by atoms with Gasteiger partial charge in [-0.1, -0.05) is 11.6 Å². The van der Waals surface area contributed by atoms with E-state index in [1.807, 2.05) is 0 Å². The lowest BCUT2D eigenvalue weighted by Crippen LogP contribution is -2.51. The zero-order valence-electron chi connectivity index (χ0n) is 13.0. The Bertz CT molecular complexity index is 737. The molecule has 0 aromatic heterocycles. The number of carbonyl (C=O) groups is 1. The Morgan fingerprint density at radius 3 is 2.62 bits per heavy atom. The van der Waals surface area contributed by atoms with Crippen molar-refractivity contribution in [2.45, 2.75) is 23.8 Å². The second-order valence-electron chi connectivity index (χ2n) is 5.79. The molecule has 1 unspecified atom stereocenters. The molecule has 2 heterocycles. The summed E-state index contributed by atoms with van der Waals surface area (Å²) in [7, 11) is -4.10. The average molecular weight is 377 g/mol. The number of amides is 1. The number of sulfonamides is 1. The molecule has 0 radical (unpaired) electrons. The molecule has 0 saturated carbocycles. The Morgan fingerprint density at radius 2 is 1.96 bits per heavy atom. The lowest BCUT2D eigenvalue weighted by Gasteiger charge is -2.32. The monoisotopic (exact) mass is 376 g/mol. The van der Waals surface area contributed by atoms with Gasteiger partial charge in [-0.15, -0.1) is 0 Å². The summed E-state index contributed by atoms with van der Waals surface area (Å²) >= 11 is 5.69. The van der Waals surface area contributed by atoms with Gasteiger partial charge < -0.3 is 9.64 Å². The van der Waals surface area contributed by atoms with Crippen LogP contribution in [0.5, 0.6) is 0 Å². The number of hydrogen-bond acceptors (Lipinski definition) is 4. The zero-order valence-corrected chi connectivity index (χ0v) is 14.5. The van der Waals surface area contributed by atoms with Gasteiger partial charge in [0.25, 0.3) is 0 Å². The number of rotatable bonds is 3. The summed E-state index contributed by atoms with van der Waals surface area (Å²) < 4.78 is 46.0. The first-order valence-corrected chi connectivity index (χ1v) is 9.56. The van der Waals surface area contributed by atoms with Crippen LogP contribution < -0.4 is 0 Å². The van der Waals surface area contributed by atoms with Crippen LogP contribution in [0, 0.1) is 5.82 Å². The molecule has 3 rings (SSSR count). The second-order valence-corrected chi connectivity index (χ2v) is 8.08. The molecule has 0 N–H and O–H groups in total. The third kappa shape index (κ3) is 3.28. The number of morpholine rings is 1. The van der Waals surface area contributed by atoms with E-state index in [0.29, 0.717) is 39.1 Å². The van der Waals surface area contributed by atoms with Crippen LogP contribution in [-0.4, -0.2) is 62.4 Å². The van der Waals surface area contributed by atoms with Crippen LogP contribution >= 0.6 is 11.6 Å². The molecule has 0 bridgehead atoms. The van der Waals surface area contributed by atoms with Crippen LogP contribution in [0.25, 0.3) is 0 Å². The lowest BCUT2D eigenvalue weighted by atomic mass is 10.2. The van der Waals surface area contributed by atoms with Crippen molar-refractivity contribution in [2.24, 2.45) is 0 Å². The number of carbonyl (C=O) groups excluding carboxylic acids is 1. The highest BCUT2D eigenvalue weighted by atomic mass is 35.5. The number of benzene rings is 1. The minimum Gasteiger partial charge on any atom is -0.378 e. The first kappa shape index (κ1) is 17.6. The molecule has 0 spiro atoms. The summed E-state index contributed by atoms with van der Waals surface area (Å²) in [6, 6.07) is 2.64. The second kappa shape index (κ2) is 6.95. The van der Waals surface area contributed by atoms with E-state index < -0.39 is 26.8 Å². The summed E-state index contributed by atoms with van der Waals surface area (Å²) in [6.45, 7) is 1.97. The first-order valence-electron chi connectivity index (χ1n) is 7.74. The molecule has 2 aliphatic rings. The number of halogens is 2. The predicted molar refractivity (Wildman–Crippen MR) is 85.7 cm³/mol. The van der Waals surface area contributed by atoms with Crippen molar-refractivity contribution in [1.82, 2.24) is 9.21 Å². The highest BCUT2D eigenvalue weighted by Gasteiger charge is 2.42. The van der Waals surface area contributed by atoms with E-state index in [1.54, 1.807) is 4.90 Å². The van der Waals surface area contributed by atoms with Gasteiger partial charge in [-0.25, -0.2) is 12.8 Å². The molecule has 1 amide bonds. The zero-order chi connectivity index (χ0) is 17.3. The van der Waals surface area contributed by atoms with Crippen molar-refractivity contribution in [1.29, 1.82) is 0 Å². The van der Waals surface area contributed by atoms with Gasteiger partial charge in [0.1, 0.15) is 16.8 Å². The molecule has 1 aromatic rings. The van der Waals surface area contributed by atoms with Crippen molar-refractivity contribution in [3.8, 4) is 0 Å². The minimum atomic E-state index is -4.10. The highest BCUT2D eigenvalue weighted by molar-refractivity contribution is 7.89. The van der Waals surface area contributed by atoms with Crippen molar-refractivity contribution in [2.75, 3.05) is 32.8 Å². The van der Waals surface area contributed by atoms with Crippen LogP contribution in [0.15, 0.2) is 23.1 Å². The molecular weight excluding hydrogens is 359 g/mol. The van der Waals surface area contributed by atoms with Crippen LogP contribution in [0.1, 0.15) is 12.8 Å². The van der Waals surface area contributed by atoms with E-state index in [0.717, 1.165) is 16.4 Å². The molecule has 1 aromatic carbocycles. The van der Waals surface area contributed by atoms with Gasteiger partial charge in [-0.05, 0) is 31.0 Å². The Labute approximate surface area is 145 Å². The van der Waals surface area contributed by atoms with Gasteiger partial charge in [0, 0.05) is 24.7 Å². The third-order valence-electron chi connectivity index (χ3n) is 4.29. The summed E-state index contributed by atoms with van der Waals surface area (Å²) in [4.78, 5) is 13.8. The van der Waals surface area contributed by atoms with Gasteiger partial charge in [0.15, 0.2) is 0 Å². The third-order valence-corrected chi connectivity index (χ3v) is 6.47. The number of ether oxygens (including phenoxy) is 1. The van der Waals surface area contributed by atoms with E-state index in [9.17, 15) is 17.6 Å². The standard InChI is InChI=1S/C15H18ClFN2O4S/c16-11-3-4-14(12(17)10-11)24(21,22)19-5-1-2-13(19)15(20)18-6-8-23-9-7-18/h3-4,10,13H,1-2,5-9H2. The van der Waals surface area contributed by atoms with Gasteiger partial charge in [-0.3, -0.25) is 4.79 Å². The van der Waals surface area contributed by atoms with Crippen LogP contribution in [-0.2, 0) is 19.6 Å². The Kier molecular flexibility index (Phi) is 5.10. The molecule has 2 aliphatic heterocycles. The molecule has 0 aliphatic carbocycles. The fourth-order valence-corrected chi connectivity index (χ4v) is 4.94. The molecule has 6 nitrogen and oxygen atoms in total. The van der Waals surface area contributed by atoms with Crippen LogP contribution in [0.3, 0.4) is 0 Å². The Morgan fingerprint density at radius 1 is 1.25 bits per heavy atom. The van der Waals surface area contributed by atoms with E-state index in [-0.39, 0.29) is 17.5 Å². The molecule has 24 heavy (non-hydrogen) atoms. The molecule has 2 saturated heterocycles. The maximum absolute atomic E-state index is 14.1. The van der Waals surface area contributed by atoms with Gasteiger partial charge in [0.2, 0.25) is 15.9 Å². The first-order chi connectivity index (χ1) is 11.4. The van der Waals surface area contributed by atoms with Crippen LogP contribution in [0.4, 0.5) is 4.39 Å². The maximum Gasteiger partial charge on any atom is 0.246 e. The summed E-state index contributed by atoms with van der Waals surface area (Å²) in [6.07, 6.45) is 1.000. The number of nitrogens with zero attached hydrogens (tertiary/aromatic N) is 2. The van der Waals surface area contributed by atoms with Gasteiger partial charge in [0.05, 0.1) is 13.2 Å². The van der Waals surface area contributed by atoms with Crippen molar-refractivity contribution in [3.05, 3.63) is 29.0 Å². The van der Waals surface area contributed by atoms with E-state index >= 15 is 0 Å². The molecular formula is C15H18ClFN2O4S. The predicted octanol–water partition coefficient (Wildman–Crippen LogP) is 1.49. The van der Waals surface area contributed by atoms with E-state index in [2.05, 4.69) is 0 Å².